The monoisotopic (exact) mass is 202 g/mol. The van der Waals surface area contributed by atoms with E-state index in [2.05, 4.69) is 34.6 Å². The molecule has 0 radical (unpaired) electrons. The first-order valence-electron chi connectivity index (χ1n) is 5.93. The summed E-state index contributed by atoms with van der Waals surface area (Å²) in [6, 6.07) is 0. The molecule has 0 aliphatic carbocycles. The molecule has 0 aromatic heterocycles. The van der Waals surface area contributed by atoms with Crippen LogP contribution in [0.4, 0.5) is 0 Å². The summed E-state index contributed by atoms with van der Waals surface area (Å²) in [5, 5.41) is 0. The van der Waals surface area contributed by atoms with Crippen molar-refractivity contribution in [3.63, 3.8) is 0 Å². The molecule has 0 aromatic carbocycles. The van der Waals surface area contributed by atoms with Crippen LogP contribution < -0.4 is 0 Å². The first-order valence-corrected chi connectivity index (χ1v) is 7.59. The van der Waals surface area contributed by atoms with Gasteiger partial charge in [0.2, 0.25) is 0 Å². The van der Waals surface area contributed by atoms with Crippen molar-refractivity contribution in [2.45, 2.75) is 71.6 Å². The van der Waals surface area contributed by atoms with Crippen molar-refractivity contribution in [2.24, 2.45) is 0 Å². The van der Waals surface area contributed by atoms with Crippen LogP contribution in [-0.2, 0) is 0 Å². The second-order valence-corrected chi connectivity index (χ2v) is 7.34. The fraction of sp³-hybridized carbons (Fsp3) is 1.00. The highest BCUT2D eigenvalue weighted by Crippen LogP contribution is 2.49. The zero-order chi connectivity index (χ0) is 10.3. The first-order chi connectivity index (χ1) is 6.17. The third-order valence-electron chi connectivity index (χ3n) is 3.08. The van der Waals surface area contributed by atoms with Crippen LogP contribution in [0.1, 0.15) is 60.3 Å². The lowest BCUT2D eigenvalue weighted by Gasteiger charge is -2.29. The van der Waals surface area contributed by atoms with Crippen LogP contribution in [0, 0.1) is 0 Å². The van der Waals surface area contributed by atoms with Crippen LogP contribution in [0.25, 0.3) is 0 Å². The molecule has 2 unspecified atom stereocenters. The molecular weight excluding hydrogens is 175 g/mol. The Hall–Kier alpha value is 0.430. The molecule has 13 heavy (non-hydrogen) atoms. The molecule has 0 amide bonds. The maximum atomic E-state index is 2.45. The highest BCUT2D eigenvalue weighted by molar-refractivity contribution is 7.59. The van der Waals surface area contributed by atoms with E-state index >= 15 is 0 Å². The number of unbranched alkanes of at least 4 members (excludes halogenated alkanes) is 1. The third kappa shape index (κ3) is 5.01. The van der Waals surface area contributed by atoms with Crippen LogP contribution in [0.5, 0.6) is 0 Å². The van der Waals surface area contributed by atoms with E-state index in [1.807, 2.05) is 0 Å². The van der Waals surface area contributed by atoms with Gasteiger partial charge in [-0.05, 0) is 36.7 Å². The van der Waals surface area contributed by atoms with Crippen LogP contribution in [0.2, 0.25) is 0 Å². The molecule has 0 bridgehead atoms. The van der Waals surface area contributed by atoms with Crippen molar-refractivity contribution in [1.82, 2.24) is 0 Å². The Labute approximate surface area is 86.3 Å². The van der Waals surface area contributed by atoms with Crippen LogP contribution in [0.3, 0.4) is 0 Å². The maximum Gasteiger partial charge on any atom is -0.0238 e. The Morgan fingerprint density at radius 1 is 0.923 bits per heavy atom. The second kappa shape index (κ2) is 7.80. The van der Waals surface area contributed by atoms with Gasteiger partial charge in [0.15, 0.2) is 0 Å². The largest absolute Gasteiger partial charge is 0.101 e. The summed E-state index contributed by atoms with van der Waals surface area (Å²) in [6.07, 6.45) is 7.07. The number of hydrogen-bond acceptors (Lipinski definition) is 0. The van der Waals surface area contributed by atoms with Crippen molar-refractivity contribution >= 4 is 7.92 Å². The standard InChI is InChI=1S/C12H27P/c1-6-9-10-13(11(4)7-2)12(5)8-3/h11-12H,6-10H2,1-5H3. The predicted octanol–water partition coefficient (Wildman–Crippen LogP) is 4.87. The van der Waals surface area contributed by atoms with E-state index < -0.39 is 0 Å². The zero-order valence-electron chi connectivity index (χ0n) is 10.1. The van der Waals surface area contributed by atoms with Crippen molar-refractivity contribution in [3.05, 3.63) is 0 Å². The topological polar surface area (TPSA) is 0 Å². The van der Waals surface area contributed by atoms with Crippen molar-refractivity contribution < 1.29 is 0 Å². The molecular formula is C12H27P. The van der Waals surface area contributed by atoms with Crippen LogP contribution >= 0.6 is 7.92 Å². The minimum atomic E-state index is 0.311. The number of hydrogen-bond donors (Lipinski definition) is 0. The highest BCUT2D eigenvalue weighted by Gasteiger charge is 2.19. The Kier molecular flexibility index (Phi) is 8.06. The van der Waals surface area contributed by atoms with E-state index in [0.29, 0.717) is 7.92 Å². The third-order valence-corrected chi connectivity index (χ3v) is 6.91. The molecule has 2 atom stereocenters. The average Bonchev–Trinajstić information content (AvgIpc) is 2.17. The SMILES string of the molecule is CCCCP(C(C)CC)C(C)CC. The second-order valence-electron chi connectivity index (χ2n) is 4.11. The molecule has 0 saturated carbocycles. The lowest BCUT2D eigenvalue weighted by molar-refractivity contribution is 0.808. The quantitative estimate of drug-likeness (QED) is 0.517. The molecule has 0 spiro atoms. The normalized spacial score (nSPS) is 18.2. The molecule has 80 valence electrons. The van der Waals surface area contributed by atoms with Crippen molar-refractivity contribution in [3.8, 4) is 0 Å². The summed E-state index contributed by atoms with van der Waals surface area (Å²) in [6.45, 7) is 11.9. The van der Waals surface area contributed by atoms with Crippen molar-refractivity contribution in [1.29, 1.82) is 0 Å². The van der Waals surface area contributed by atoms with Gasteiger partial charge in [-0.25, -0.2) is 0 Å². The predicted molar refractivity (Wildman–Crippen MR) is 66.2 cm³/mol. The van der Waals surface area contributed by atoms with Gasteiger partial charge in [-0.15, -0.1) is 7.92 Å². The Morgan fingerprint density at radius 3 is 1.69 bits per heavy atom. The molecule has 0 saturated heterocycles. The van der Waals surface area contributed by atoms with Gasteiger partial charge in [0.25, 0.3) is 0 Å². The van der Waals surface area contributed by atoms with Gasteiger partial charge < -0.3 is 0 Å². The summed E-state index contributed by atoms with van der Waals surface area (Å²) in [7, 11) is 0.311. The lowest BCUT2D eigenvalue weighted by Crippen LogP contribution is -2.11. The lowest BCUT2D eigenvalue weighted by atomic mass is 10.3. The first kappa shape index (κ1) is 13.4. The van der Waals surface area contributed by atoms with Gasteiger partial charge in [-0.1, -0.05) is 41.0 Å². The summed E-state index contributed by atoms with van der Waals surface area (Å²) in [5.74, 6) is 0. The van der Waals surface area contributed by atoms with Gasteiger partial charge in [0.05, 0.1) is 0 Å². The van der Waals surface area contributed by atoms with Gasteiger partial charge in [-0.2, -0.15) is 0 Å². The van der Waals surface area contributed by atoms with E-state index in [-0.39, 0.29) is 0 Å². The van der Waals surface area contributed by atoms with Gasteiger partial charge in [-0.3, -0.25) is 0 Å². The smallest absolute Gasteiger partial charge is 0.0238 e. The molecule has 0 aliphatic rings. The van der Waals surface area contributed by atoms with Crippen molar-refractivity contribution in [2.75, 3.05) is 6.16 Å². The fourth-order valence-corrected chi connectivity index (χ4v) is 5.05. The fourth-order valence-electron chi connectivity index (χ4n) is 1.68. The van der Waals surface area contributed by atoms with E-state index in [1.165, 1.54) is 31.8 Å². The minimum absolute atomic E-state index is 0.311. The van der Waals surface area contributed by atoms with Gasteiger partial charge >= 0.3 is 0 Å². The van der Waals surface area contributed by atoms with E-state index in [9.17, 15) is 0 Å². The number of rotatable bonds is 7. The van der Waals surface area contributed by atoms with Crippen LogP contribution in [0.15, 0.2) is 0 Å². The highest BCUT2D eigenvalue weighted by atomic mass is 31.1. The summed E-state index contributed by atoms with van der Waals surface area (Å²) < 4.78 is 0. The van der Waals surface area contributed by atoms with Gasteiger partial charge in [0.1, 0.15) is 0 Å². The summed E-state index contributed by atoms with van der Waals surface area (Å²) in [5.41, 5.74) is 1.97. The molecule has 0 heterocycles. The zero-order valence-corrected chi connectivity index (χ0v) is 11.0. The molecule has 0 fully saturated rings. The molecule has 0 aliphatic heterocycles. The maximum absolute atomic E-state index is 2.45. The molecule has 0 N–H and O–H groups in total. The minimum Gasteiger partial charge on any atom is -0.101 e. The molecule has 0 rings (SSSR count). The molecule has 0 aromatic rings. The molecule has 1 heteroatoms. The van der Waals surface area contributed by atoms with Crippen LogP contribution in [-0.4, -0.2) is 17.5 Å². The summed E-state index contributed by atoms with van der Waals surface area (Å²) in [4.78, 5) is 0. The van der Waals surface area contributed by atoms with E-state index in [4.69, 9.17) is 0 Å². The van der Waals surface area contributed by atoms with Gasteiger partial charge in [0, 0.05) is 0 Å². The Bertz CT molecular complexity index is 102. The summed E-state index contributed by atoms with van der Waals surface area (Å²) >= 11 is 0. The van der Waals surface area contributed by atoms with E-state index in [1.54, 1.807) is 0 Å². The Morgan fingerprint density at radius 2 is 1.38 bits per heavy atom. The van der Waals surface area contributed by atoms with E-state index in [0.717, 1.165) is 11.3 Å². The molecule has 0 nitrogen and oxygen atoms in total. The average molecular weight is 202 g/mol. The Balaban J connectivity index is 4.01.